The number of carbonyl (C=O) groups is 2. The number of nitrogens with zero attached hydrogens (tertiary/aromatic N) is 2. The van der Waals surface area contributed by atoms with E-state index in [-0.39, 0.29) is 55.1 Å². The molecule has 3 rings (SSSR count). The highest BCUT2D eigenvalue weighted by atomic mass is 19.4. The first-order valence-electron chi connectivity index (χ1n) is 14.4. The monoisotopic (exact) mass is 651 g/mol. The lowest BCUT2D eigenvalue weighted by Gasteiger charge is -2.33. The Kier molecular flexibility index (Phi) is 12.7. The summed E-state index contributed by atoms with van der Waals surface area (Å²) in [7, 11) is 0. The van der Waals surface area contributed by atoms with Crippen molar-refractivity contribution >= 4 is 23.3 Å². The molecule has 15 heteroatoms. The predicted octanol–water partition coefficient (Wildman–Crippen LogP) is 4.51. The molecule has 0 amide bonds. The topological polar surface area (TPSA) is 159 Å². The van der Waals surface area contributed by atoms with Gasteiger partial charge in [-0.05, 0) is 31.5 Å². The Balaban J connectivity index is 1.83. The smallest absolute Gasteiger partial charge is 0.430 e. The SMILES string of the molecule is CCOC(=O)C1C(C(F)(F)F)=NC(C)=C(C(=O)OCCOc2ccccc2OCC(O)CNC(C)C)C1c1cccc([N+](=O)[O-])c1. The van der Waals surface area contributed by atoms with Gasteiger partial charge in [0.1, 0.15) is 37.6 Å². The fourth-order valence-corrected chi connectivity index (χ4v) is 4.71. The zero-order valence-electron chi connectivity index (χ0n) is 25.7. The predicted molar refractivity (Wildman–Crippen MR) is 160 cm³/mol. The molecule has 250 valence electrons. The molecule has 0 saturated carbocycles. The van der Waals surface area contributed by atoms with Crippen molar-refractivity contribution < 1.29 is 51.7 Å². The molecular weight excluding hydrogens is 615 g/mol. The van der Waals surface area contributed by atoms with E-state index in [0.717, 1.165) is 19.1 Å². The van der Waals surface area contributed by atoms with Crippen LogP contribution in [0.1, 0.15) is 39.2 Å². The second-order valence-electron chi connectivity index (χ2n) is 10.5. The summed E-state index contributed by atoms with van der Waals surface area (Å²) in [6, 6.07) is 11.4. The molecule has 0 saturated heterocycles. The normalized spacial score (nSPS) is 17.3. The molecule has 0 aromatic heterocycles. The van der Waals surface area contributed by atoms with Gasteiger partial charge in [-0.15, -0.1) is 0 Å². The van der Waals surface area contributed by atoms with Gasteiger partial charge in [0.05, 0.1) is 17.1 Å². The molecule has 1 aliphatic heterocycles. The van der Waals surface area contributed by atoms with Crippen LogP contribution in [-0.4, -0.2) is 79.0 Å². The molecule has 46 heavy (non-hydrogen) atoms. The lowest BCUT2D eigenvalue weighted by Crippen LogP contribution is -2.44. The van der Waals surface area contributed by atoms with Crippen LogP contribution < -0.4 is 14.8 Å². The number of nitro benzene ring substituents is 1. The van der Waals surface area contributed by atoms with E-state index in [0.29, 0.717) is 12.3 Å². The fraction of sp³-hybridized carbons (Fsp3) is 0.452. The maximum atomic E-state index is 14.2. The Morgan fingerprint density at radius 2 is 1.74 bits per heavy atom. The first-order valence-corrected chi connectivity index (χ1v) is 14.4. The Hall–Kier alpha value is -4.50. The van der Waals surface area contributed by atoms with Gasteiger partial charge in [-0.1, -0.05) is 38.1 Å². The van der Waals surface area contributed by atoms with Gasteiger partial charge in [0.25, 0.3) is 5.69 Å². The maximum absolute atomic E-state index is 14.2. The highest BCUT2D eigenvalue weighted by Crippen LogP contribution is 2.44. The van der Waals surface area contributed by atoms with Gasteiger partial charge in [0, 0.05) is 36.3 Å². The summed E-state index contributed by atoms with van der Waals surface area (Å²) in [4.78, 5) is 40.7. The molecule has 1 aliphatic rings. The van der Waals surface area contributed by atoms with Gasteiger partial charge in [0.2, 0.25) is 0 Å². The number of aliphatic hydroxyl groups is 1. The Labute approximate surface area is 263 Å². The number of esters is 2. The lowest BCUT2D eigenvalue weighted by atomic mass is 9.75. The molecule has 0 aliphatic carbocycles. The van der Waals surface area contributed by atoms with Crippen LogP contribution in [0.2, 0.25) is 0 Å². The number of nitro groups is 1. The molecule has 2 aromatic rings. The second kappa shape index (κ2) is 16.2. The Morgan fingerprint density at radius 3 is 2.35 bits per heavy atom. The zero-order valence-corrected chi connectivity index (χ0v) is 25.7. The maximum Gasteiger partial charge on any atom is 0.430 e. The van der Waals surface area contributed by atoms with E-state index in [4.69, 9.17) is 18.9 Å². The highest BCUT2D eigenvalue weighted by molar-refractivity contribution is 6.10. The van der Waals surface area contributed by atoms with E-state index in [9.17, 15) is 38.0 Å². The minimum Gasteiger partial charge on any atom is -0.487 e. The van der Waals surface area contributed by atoms with Gasteiger partial charge in [-0.2, -0.15) is 13.2 Å². The van der Waals surface area contributed by atoms with Crippen molar-refractivity contribution in [3.05, 3.63) is 75.5 Å². The number of hydrogen-bond donors (Lipinski definition) is 2. The number of hydrogen-bond acceptors (Lipinski definition) is 11. The van der Waals surface area contributed by atoms with E-state index < -0.39 is 52.4 Å². The largest absolute Gasteiger partial charge is 0.487 e. The van der Waals surface area contributed by atoms with E-state index >= 15 is 0 Å². The minimum absolute atomic E-state index is 0.0242. The Bertz CT molecular complexity index is 1460. The number of benzene rings is 2. The number of halogens is 3. The number of aliphatic imine (C=N–C) groups is 1. The average molecular weight is 652 g/mol. The summed E-state index contributed by atoms with van der Waals surface area (Å²) in [6.45, 7) is 5.90. The molecular formula is C31H36F3N3O9. The number of rotatable bonds is 15. The minimum atomic E-state index is -5.09. The van der Waals surface area contributed by atoms with E-state index in [1.54, 1.807) is 24.3 Å². The van der Waals surface area contributed by atoms with Crippen LogP contribution in [0.4, 0.5) is 18.9 Å². The van der Waals surface area contributed by atoms with E-state index in [2.05, 4.69) is 10.3 Å². The van der Waals surface area contributed by atoms with Crippen molar-refractivity contribution in [1.29, 1.82) is 0 Å². The van der Waals surface area contributed by atoms with Gasteiger partial charge < -0.3 is 29.4 Å². The van der Waals surface area contributed by atoms with Crippen LogP contribution in [0.15, 0.2) is 64.8 Å². The number of allylic oxidation sites excluding steroid dienone is 1. The zero-order chi connectivity index (χ0) is 34.0. The van der Waals surface area contributed by atoms with Crippen LogP contribution >= 0.6 is 0 Å². The molecule has 2 aromatic carbocycles. The van der Waals surface area contributed by atoms with Crippen LogP contribution in [0.25, 0.3) is 0 Å². The Morgan fingerprint density at radius 1 is 1.07 bits per heavy atom. The van der Waals surface area contributed by atoms with Crippen molar-refractivity contribution in [3.8, 4) is 11.5 Å². The van der Waals surface area contributed by atoms with Crippen molar-refractivity contribution in [2.45, 2.75) is 51.9 Å². The average Bonchev–Trinajstić information content (AvgIpc) is 3.00. The molecule has 12 nitrogen and oxygen atoms in total. The van der Waals surface area contributed by atoms with Crippen molar-refractivity contribution in [1.82, 2.24) is 5.32 Å². The molecule has 3 unspecified atom stereocenters. The number of aliphatic hydroxyl groups excluding tert-OH is 1. The molecule has 0 spiro atoms. The summed E-state index contributed by atoms with van der Waals surface area (Å²) in [6.07, 6.45) is -5.88. The van der Waals surface area contributed by atoms with Gasteiger partial charge in [0.15, 0.2) is 11.5 Å². The number of non-ortho nitro benzene ring substituents is 1. The third kappa shape index (κ3) is 9.50. The van der Waals surface area contributed by atoms with E-state index in [1.165, 1.54) is 19.1 Å². The molecule has 0 radical (unpaired) electrons. The van der Waals surface area contributed by atoms with Crippen molar-refractivity contribution in [2.75, 3.05) is 33.0 Å². The standard InChI is InChI=1S/C31H36F3N3O9/c1-5-43-30(40)27-26(20-9-8-10-21(15-20)37(41)42)25(19(4)36-28(27)31(32,33)34)29(39)45-14-13-44-23-11-6-7-12-24(23)46-17-22(38)16-35-18(2)3/h6-12,15,18,22,26-27,35,38H,5,13-14,16-17H2,1-4H3. The summed E-state index contributed by atoms with van der Waals surface area (Å²) in [5.74, 6) is -5.60. The number of para-hydroxylation sites is 2. The highest BCUT2D eigenvalue weighted by Gasteiger charge is 2.53. The molecule has 2 N–H and O–H groups in total. The molecule has 0 bridgehead atoms. The van der Waals surface area contributed by atoms with Crippen molar-refractivity contribution in [2.24, 2.45) is 10.9 Å². The first-order chi connectivity index (χ1) is 21.7. The van der Waals surface area contributed by atoms with Crippen LogP contribution in [0, 0.1) is 16.0 Å². The van der Waals surface area contributed by atoms with E-state index in [1.807, 2.05) is 13.8 Å². The van der Waals surface area contributed by atoms with Gasteiger partial charge >= 0.3 is 18.1 Å². The first kappa shape index (κ1) is 36.0. The van der Waals surface area contributed by atoms with Crippen LogP contribution in [0.5, 0.6) is 11.5 Å². The lowest BCUT2D eigenvalue weighted by molar-refractivity contribution is -0.384. The quantitative estimate of drug-likeness (QED) is 0.121. The number of ether oxygens (including phenoxy) is 4. The third-order valence-corrected chi connectivity index (χ3v) is 6.72. The number of carbonyl (C=O) groups excluding carboxylic acids is 2. The summed E-state index contributed by atoms with van der Waals surface area (Å²) in [5, 5.41) is 24.7. The molecule has 3 atom stereocenters. The van der Waals surface area contributed by atoms with Gasteiger partial charge in [-0.3, -0.25) is 19.9 Å². The number of alkyl halides is 3. The van der Waals surface area contributed by atoms with Crippen LogP contribution in [-0.2, 0) is 19.1 Å². The van der Waals surface area contributed by atoms with Crippen LogP contribution in [0.3, 0.4) is 0 Å². The number of nitrogens with one attached hydrogen (secondary N) is 1. The molecule has 0 fully saturated rings. The fourth-order valence-electron chi connectivity index (χ4n) is 4.71. The second-order valence-corrected chi connectivity index (χ2v) is 10.5. The summed E-state index contributed by atoms with van der Waals surface area (Å²) in [5.41, 5.74) is -2.83. The molecule has 1 heterocycles. The van der Waals surface area contributed by atoms with Crippen molar-refractivity contribution in [3.63, 3.8) is 0 Å². The third-order valence-electron chi connectivity index (χ3n) is 6.72. The summed E-state index contributed by atoms with van der Waals surface area (Å²) < 4.78 is 64.2. The van der Waals surface area contributed by atoms with Gasteiger partial charge in [-0.25, -0.2) is 4.79 Å². The summed E-state index contributed by atoms with van der Waals surface area (Å²) >= 11 is 0.